The molecule has 0 aliphatic heterocycles. The molecule has 6 heteroatoms. The molecule has 2 rings (SSSR count). The summed E-state index contributed by atoms with van der Waals surface area (Å²) >= 11 is 6.21. The molecule has 0 saturated heterocycles. The van der Waals surface area contributed by atoms with Gasteiger partial charge in [0.05, 0.1) is 18.1 Å². The summed E-state index contributed by atoms with van der Waals surface area (Å²) in [5.74, 6) is 0.727. The Morgan fingerprint density at radius 3 is 2.60 bits per heavy atom. The Labute approximate surface area is 125 Å². The Kier molecular flexibility index (Phi) is 4.02. The minimum absolute atomic E-state index is 0.204. The highest BCUT2D eigenvalue weighted by molar-refractivity contribution is 6.33. The summed E-state index contributed by atoms with van der Waals surface area (Å²) in [5, 5.41) is 5.43. The third-order valence-electron chi connectivity index (χ3n) is 3.90. The van der Waals surface area contributed by atoms with Crippen LogP contribution in [0.3, 0.4) is 0 Å². The molecule has 1 unspecified atom stereocenters. The topological polar surface area (TPSA) is 46.8 Å². The first kappa shape index (κ1) is 15.2. The highest BCUT2D eigenvalue weighted by atomic mass is 35.5. The fourth-order valence-corrected chi connectivity index (χ4v) is 2.35. The molecule has 0 radical (unpaired) electrons. The molecule has 0 spiro atoms. The number of fused-ring (bicyclic) bond motifs is 1. The number of aryl methyl sites for hydroxylation is 1. The highest BCUT2D eigenvalue weighted by Gasteiger charge is 2.24. The van der Waals surface area contributed by atoms with Crippen molar-refractivity contribution in [2.45, 2.75) is 40.3 Å². The Balaban J connectivity index is 2.28. The Morgan fingerprint density at radius 1 is 1.35 bits per heavy atom. The fourth-order valence-electron chi connectivity index (χ4n) is 2.12. The lowest BCUT2D eigenvalue weighted by molar-refractivity contribution is 0.132. The standard InChI is InChI=1S/C14H22ClN5/c1-9(14(2,3)4)19(5)8-11-17-12(15)10-7-16-20(6)13(10)18-11/h7,9H,8H2,1-6H3. The normalized spacial score (nSPS) is 14.2. The zero-order valence-electron chi connectivity index (χ0n) is 13.0. The Morgan fingerprint density at radius 2 is 2.00 bits per heavy atom. The number of hydrogen-bond donors (Lipinski definition) is 0. The van der Waals surface area contributed by atoms with Crippen molar-refractivity contribution >= 4 is 22.6 Å². The third-order valence-corrected chi connectivity index (χ3v) is 4.19. The van der Waals surface area contributed by atoms with Crippen molar-refractivity contribution in [3.8, 4) is 0 Å². The van der Waals surface area contributed by atoms with Crippen molar-refractivity contribution in [2.75, 3.05) is 7.05 Å². The van der Waals surface area contributed by atoms with E-state index in [1.54, 1.807) is 10.9 Å². The summed E-state index contributed by atoms with van der Waals surface area (Å²) in [4.78, 5) is 11.2. The SMILES string of the molecule is CC(N(C)Cc1nc(Cl)c2cnn(C)c2n1)C(C)(C)C. The molecule has 0 aromatic carbocycles. The van der Waals surface area contributed by atoms with E-state index in [0.29, 0.717) is 17.7 Å². The number of nitrogens with zero attached hydrogens (tertiary/aromatic N) is 5. The van der Waals surface area contributed by atoms with Crippen LogP contribution in [0.25, 0.3) is 11.0 Å². The minimum Gasteiger partial charge on any atom is -0.296 e. The first-order chi connectivity index (χ1) is 9.20. The van der Waals surface area contributed by atoms with Crippen LogP contribution in [-0.2, 0) is 13.6 Å². The smallest absolute Gasteiger partial charge is 0.162 e. The summed E-state index contributed by atoms with van der Waals surface area (Å²) in [6, 6.07) is 0.409. The first-order valence-corrected chi connectivity index (χ1v) is 7.12. The monoisotopic (exact) mass is 295 g/mol. The van der Waals surface area contributed by atoms with Gasteiger partial charge in [-0.15, -0.1) is 0 Å². The Hall–Kier alpha value is -1.20. The van der Waals surface area contributed by atoms with Crippen molar-refractivity contribution in [1.82, 2.24) is 24.6 Å². The molecular weight excluding hydrogens is 274 g/mol. The minimum atomic E-state index is 0.204. The molecule has 2 aromatic rings. The molecule has 0 bridgehead atoms. The van der Waals surface area contributed by atoms with E-state index in [9.17, 15) is 0 Å². The molecule has 0 fully saturated rings. The van der Waals surface area contributed by atoms with Gasteiger partial charge in [0.25, 0.3) is 0 Å². The maximum absolute atomic E-state index is 6.21. The van der Waals surface area contributed by atoms with Crippen LogP contribution in [-0.4, -0.2) is 37.7 Å². The van der Waals surface area contributed by atoms with Crippen molar-refractivity contribution in [3.63, 3.8) is 0 Å². The van der Waals surface area contributed by atoms with Crippen LogP contribution in [0.4, 0.5) is 0 Å². The average Bonchev–Trinajstić information content (AvgIpc) is 2.69. The van der Waals surface area contributed by atoms with E-state index >= 15 is 0 Å². The van der Waals surface area contributed by atoms with Gasteiger partial charge in [0.1, 0.15) is 11.0 Å². The van der Waals surface area contributed by atoms with Gasteiger partial charge in [-0.05, 0) is 19.4 Å². The van der Waals surface area contributed by atoms with Gasteiger partial charge in [0.2, 0.25) is 0 Å². The summed E-state index contributed by atoms with van der Waals surface area (Å²) in [7, 11) is 3.94. The van der Waals surface area contributed by atoms with Gasteiger partial charge in [0.15, 0.2) is 5.65 Å². The second-order valence-corrected chi connectivity index (χ2v) is 6.75. The van der Waals surface area contributed by atoms with E-state index < -0.39 is 0 Å². The van der Waals surface area contributed by atoms with Gasteiger partial charge < -0.3 is 0 Å². The van der Waals surface area contributed by atoms with Gasteiger partial charge in [-0.3, -0.25) is 9.58 Å². The van der Waals surface area contributed by atoms with E-state index in [-0.39, 0.29) is 5.41 Å². The van der Waals surface area contributed by atoms with Crippen molar-refractivity contribution in [3.05, 3.63) is 17.2 Å². The van der Waals surface area contributed by atoms with E-state index in [1.807, 2.05) is 7.05 Å². The summed E-state index contributed by atoms with van der Waals surface area (Å²) in [5.41, 5.74) is 0.978. The summed E-state index contributed by atoms with van der Waals surface area (Å²) in [6.07, 6.45) is 1.70. The van der Waals surface area contributed by atoms with Crippen LogP contribution < -0.4 is 0 Å². The summed E-state index contributed by atoms with van der Waals surface area (Å²) in [6.45, 7) is 9.56. The zero-order valence-corrected chi connectivity index (χ0v) is 13.7. The maximum Gasteiger partial charge on any atom is 0.162 e. The lowest BCUT2D eigenvalue weighted by atomic mass is 9.87. The molecule has 110 valence electrons. The zero-order chi connectivity index (χ0) is 15.1. The molecule has 0 amide bonds. The number of aromatic nitrogens is 4. The number of halogens is 1. The molecular formula is C14H22ClN5. The molecule has 0 N–H and O–H groups in total. The average molecular weight is 296 g/mol. The van der Waals surface area contributed by atoms with Gasteiger partial charge in [-0.2, -0.15) is 5.10 Å². The van der Waals surface area contributed by atoms with E-state index in [4.69, 9.17) is 11.6 Å². The van der Waals surface area contributed by atoms with Crippen LogP contribution in [0.15, 0.2) is 6.20 Å². The molecule has 0 aliphatic rings. The second kappa shape index (κ2) is 5.30. The lowest BCUT2D eigenvalue weighted by Gasteiger charge is -2.34. The van der Waals surface area contributed by atoms with Crippen LogP contribution in [0.5, 0.6) is 0 Å². The van der Waals surface area contributed by atoms with Gasteiger partial charge in [-0.25, -0.2) is 9.97 Å². The molecule has 2 aromatic heterocycles. The quantitative estimate of drug-likeness (QED) is 0.817. The van der Waals surface area contributed by atoms with Crippen molar-refractivity contribution < 1.29 is 0 Å². The largest absolute Gasteiger partial charge is 0.296 e. The second-order valence-electron chi connectivity index (χ2n) is 6.39. The van der Waals surface area contributed by atoms with Crippen molar-refractivity contribution in [2.24, 2.45) is 12.5 Å². The van der Waals surface area contributed by atoms with Gasteiger partial charge in [-0.1, -0.05) is 32.4 Å². The predicted octanol–water partition coefficient (Wildman–Crippen LogP) is 2.88. The molecule has 1 atom stereocenters. The molecule has 20 heavy (non-hydrogen) atoms. The molecule has 5 nitrogen and oxygen atoms in total. The third kappa shape index (κ3) is 2.94. The first-order valence-electron chi connectivity index (χ1n) is 6.74. The van der Waals surface area contributed by atoms with E-state index in [1.165, 1.54) is 0 Å². The maximum atomic E-state index is 6.21. The van der Waals surface area contributed by atoms with Gasteiger partial charge >= 0.3 is 0 Å². The summed E-state index contributed by atoms with van der Waals surface area (Å²) < 4.78 is 1.72. The predicted molar refractivity (Wildman–Crippen MR) is 81.7 cm³/mol. The number of hydrogen-bond acceptors (Lipinski definition) is 4. The lowest BCUT2D eigenvalue weighted by Crippen LogP contribution is -2.39. The van der Waals surface area contributed by atoms with Crippen molar-refractivity contribution in [1.29, 1.82) is 0 Å². The molecule has 0 aliphatic carbocycles. The number of rotatable bonds is 3. The van der Waals surface area contributed by atoms with Crippen LogP contribution in [0, 0.1) is 5.41 Å². The molecule has 0 saturated carbocycles. The fraction of sp³-hybridized carbons (Fsp3) is 0.643. The molecule has 2 heterocycles. The Bertz CT molecular complexity index is 614. The van der Waals surface area contributed by atoms with E-state index in [0.717, 1.165) is 16.9 Å². The van der Waals surface area contributed by atoms with E-state index in [2.05, 4.69) is 54.7 Å². The van der Waals surface area contributed by atoms with Gasteiger partial charge in [0, 0.05) is 13.1 Å². The van der Waals surface area contributed by atoms with Crippen LogP contribution in [0.1, 0.15) is 33.5 Å². The highest BCUT2D eigenvalue weighted by Crippen LogP contribution is 2.25. The van der Waals surface area contributed by atoms with Crippen LogP contribution in [0.2, 0.25) is 5.15 Å². The van der Waals surface area contributed by atoms with Crippen LogP contribution >= 0.6 is 11.6 Å².